The number of benzene rings is 3. The highest BCUT2D eigenvalue weighted by molar-refractivity contribution is 7.22. The molecule has 160 valence electrons. The fraction of sp³-hybridized carbons (Fsp3) is 0.120. The van der Waals surface area contributed by atoms with Crippen LogP contribution < -0.4 is 4.90 Å². The predicted octanol–water partition coefficient (Wildman–Crippen LogP) is 6.01. The standard InChI is InChI=1S/C25H21N3O3S/c1-2-20-11-7-13-22-24(20)26-25(32-22)27(17-19-8-4-3-5-9-19)23(29)15-14-18-10-6-12-21(16-18)28(30)31/h3-16H,2,17H2,1H3/b15-14+. The van der Waals surface area contributed by atoms with E-state index in [0.29, 0.717) is 17.2 Å². The minimum Gasteiger partial charge on any atom is -0.280 e. The summed E-state index contributed by atoms with van der Waals surface area (Å²) in [5.74, 6) is -0.238. The Bertz CT molecular complexity index is 1300. The summed E-state index contributed by atoms with van der Waals surface area (Å²) in [6.45, 7) is 2.46. The van der Waals surface area contributed by atoms with E-state index in [2.05, 4.69) is 13.0 Å². The first-order valence-electron chi connectivity index (χ1n) is 10.2. The van der Waals surface area contributed by atoms with Gasteiger partial charge in [-0.3, -0.25) is 19.8 Å². The first-order valence-corrected chi connectivity index (χ1v) is 11.0. The van der Waals surface area contributed by atoms with E-state index in [0.717, 1.165) is 27.8 Å². The van der Waals surface area contributed by atoms with Gasteiger partial charge in [-0.15, -0.1) is 0 Å². The molecule has 0 fully saturated rings. The van der Waals surface area contributed by atoms with Crippen LogP contribution in [0.3, 0.4) is 0 Å². The zero-order chi connectivity index (χ0) is 22.5. The van der Waals surface area contributed by atoms with Crippen LogP contribution in [0.15, 0.2) is 78.9 Å². The Kier molecular flexibility index (Phi) is 6.37. The van der Waals surface area contributed by atoms with E-state index in [-0.39, 0.29) is 11.6 Å². The number of amides is 1. The summed E-state index contributed by atoms with van der Waals surface area (Å²) in [6.07, 6.45) is 3.90. The Hall–Kier alpha value is -3.84. The number of fused-ring (bicyclic) bond motifs is 1. The van der Waals surface area contributed by atoms with Gasteiger partial charge in [0.1, 0.15) is 0 Å². The van der Waals surface area contributed by atoms with Crippen LogP contribution in [0.1, 0.15) is 23.6 Å². The number of anilines is 1. The third-order valence-electron chi connectivity index (χ3n) is 5.05. The topological polar surface area (TPSA) is 76.3 Å². The molecule has 4 aromatic rings. The monoisotopic (exact) mass is 443 g/mol. The molecule has 0 radical (unpaired) electrons. The molecule has 0 saturated heterocycles. The molecule has 1 heterocycles. The zero-order valence-electron chi connectivity index (χ0n) is 17.5. The summed E-state index contributed by atoms with van der Waals surface area (Å²) in [4.78, 5) is 30.3. The number of nitro groups is 1. The molecule has 0 saturated carbocycles. The molecule has 0 unspecified atom stereocenters. The number of carbonyl (C=O) groups excluding carboxylic acids is 1. The maximum Gasteiger partial charge on any atom is 0.270 e. The number of carbonyl (C=O) groups is 1. The fourth-order valence-corrected chi connectivity index (χ4v) is 4.42. The van der Waals surface area contributed by atoms with Gasteiger partial charge in [0, 0.05) is 18.2 Å². The van der Waals surface area contributed by atoms with Crippen molar-refractivity contribution in [3.05, 3.63) is 106 Å². The first-order chi connectivity index (χ1) is 15.5. The molecule has 0 atom stereocenters. The van der Waals surface area contributed by atoms with Crippen LogP contribution in [-0.4, -0.2) is 15.8 Å². The van der Waals surface area contributed by atoms with Crippen molar-refractivity contribution in [1.82, 2.24) is 4.98 Å². The molecule has 4 rings (SSSR count). The molecule has 32 heavy (non-hydrogen) atoms. The first kappa shape index (κ1) is 21.4. The van der Waals surface area contributed by atoms with E-state index in [4.69, 9.17) is 4.98 Å². The summed E-state index contributed by atoms with van der Waals surface area (Å²) in [7, 11) is 0. The Morgan fingerprint density at radius 2 is 1.88 bits per heavy atom. The van der Waals surface area contributed by atoms with E-state index in [9.17, 15) is 14.9 Å². The van der Waals surface area contributed by atoms with E-state index < -0.39 is 4.92 Å². The number of thiazole rings is 1. The average molecular weight is 444 g/mol. The molecule has 0 spiro atoms. The van der Waals surface area contributed by atoms with Gasteiger partial charge in [-0.05, 0) is 35.3 Å². The molecule has 1 aromatic heterocycles. The van der Waals surface area contributed by atoms with Gasteiger partial charge < -0.3 is 0 Å². The van der Waals surface area contributed by atoms with E-state index in [1.54, 1.807) is 23.1 Å². The van der Waals surface area contributed by atoms with Gasteiger partial charge in [-0.2, -0.15) is 0 Å². The third kappa shape index (κ3) is 4.73. The highest BCUT2D eigenvalue weighted by Gasteiger charge is 2.19. The van der Waals surface area contributed by atoms with Crippen molar-refractivity contribution in [3.8, 4) is 0 Å². The second-order valence-electron chi connectivity index (χ2n) is 7.21. The van der Waals surface area contributed by atoms with Crippen molar-refractivity contribution >= 4 is 44.4 Å². The molecule has 0 aliphatic carbocycles. The average Bonchev–Trinajstić information content (AvgIpc) is 3.26. The lowest BCUT2D eigenvalue weighted by Crippen LogP contribution is -2.28. The van der Waals surface area contributed by atoms with Crippen molar-refractivity contribution in [1.29, 1.82) is 0 Å². The predicted molar refractivity (Wildman–Crippen MR) is 129 cm³/mol. The Labute approximate surface area is 189 Å². The summed E-state index contributed by atoms with van der Waals surface area (Å²) >= 11 is 1.48. The van der Waals surface area contributed by atoms with Gasteiger partial charge in [-0.25, -0.2) is 4.98 Å². The quantitative estimate of drug-likeness (QED) is 0.199. The molecular weight excluding hydrogens is 422 g/mol. The van der Waals surface area contributed by atoms with Crippen molar-refractivity contribution in [2.24, 2.45) is 0 Å². The van der Waals surface area contributed by atoms with Gasteiger partial charge in [0.2, 0.25) is 0 Å². The van der Waals surface area contributed by atoms with Crippen LogP contribution in [-0.2, 0) is 17.8 Å². The van der Waals surface area contributed by atoms with E-state index >= 15 is 0 Å². The maximum absolute atomic E-state index is 13.2. The smallest absolute Gasteiger partial charge is 0.270 e. The molecule has 0 bridgehead atoms. The normalized spacial score (nSPS) is 11.2. The lowest BCUT2D eigenvalue weighted by molar-refractivity contribution is -0.384. The van der Waals surface area contributed by atoms with Crippen LogP contribution >= 0.6 is 11.3 Å². The molecule has 6 nitrogen and oxygen atoms in total. The maximum atomic E-state index is 13.2. The van der Waals surface area contributed by atoms with Gasteiger partial charge in [0.15, 0.2) is 5.13 Å². The number of non-ortho nitro benzene ring substituents is 1. The summed E-state index contributed by atoms with van der Waals surface area (Å²) in [5.41, 5.74) is 3.62. The van der Waals surface area contributed by atoms with Gasteiger partial charge in [0.05, 0.1) is 21.7 Å². The number of hydrogen-bond donors (Lipinski definition) is 0. The number of aryl methyl sites for hydroxylation is 1. The number of para-hydroxylation sites is 1. The van der Waals surface area contributed by atoms with E-state index in [1.165, 1.54) is 29.5 Å². The van der Waals surface area contributed by atoms with Crippen LogP contribution in [0.5, 0.6) is 0 Å². The Balaban J connectivity index is 1.69. The van der Waals surface area contributed by atoms with Crippen molar-refractivity contribution in [3.63, 3.8) is 0 Å². The Morgan fingerprint density at radius 1 is 1.09 bits per heavy atom. The van der Waals surface area contributed by atoms with Gasteiger partial charge >= 0.3 is 0 Å². The summed E-state index contributed by atoms with van der Waals surface area (Å²) in [5, 5.41) is 11.6. The number of aromatic nitrogens is 1. The Morgan fingerprint density at radius 3 is 2.62 bits per heavy atom. The summed E-state index contributed by atoms with van der Waals surface area (Å²) in [6, 6.07) is 22.0. The van der Waals surface area contributed by atoms with Crippen LogP contribution in [0.25, 0.3) is 16.3 Å². The minimum absolute atomic E-state index is 0.0148. The minimum atomic E-state index is -0.451. The lowest BCUT2D eigenvalue weighted by atomic mass is 10.1. The number of nitrogens with zero attached hydrogens (tertiary/aromatic N) is 3. The van der Waals surface area contributed by atoms with Crippen LogP contribution in [0.4, 0.5) is 10.8 Å². The van der Waals surface area contributed by atoms with Crippen LogP contribution in [0, 0.1) is 10.1 Å². The number of nitro benzene ring substituents is 1. The highest BCUT2D eigenvalue weighted by Crippen LogP contribution is 2.32. The van der Waals surface area contributed by atoms with Crippen molar-refractivity contribution < 1.29 is 9.72 Å². The summed E-state index contributed by atoms with van der Waals surface area (Å²) < 4.78 is 1.04. The molecule has 0 aliphatic rings. The van der Waals surface area contributed by atoms with Crippen molar-refractivity contribution in [2.75, 3.05) is 4.90 Å². The van der Waals surface area contributed by atoms with Gasteiger partial charge in [-0.1, -0.05) is 72.9 Å². The molecule has 3 aromatic carbocycles. The van der Waals surface area contributed by atoms with Crippen LogP contribution in [0.2, 0.25) is 0 Å². The van der Waals surface area contributed by atoms with Gasteiger partial charge in [0.25, 0.3) is 11.6 Å². The lowest BCUT2D eigenvalue weighted by Gasteiger charge is -2.18. The SMILES string of the molecule is CCc1cccc2sc(N(Cc3ccccc3)C(=O)/C=C/c3cccc([N+](=O)[O-])c3)nc12. The fourth-order valence-electron chi connectivity index (χ4n) is 3.40. The number of hydrogen-bond acceptors (Lipinski definition) is 5. The highest BCUT2D eigenvalue weighted by atomic mass is 32.1. The molecule has 7 heteroatoms. The largest absolute Gasteiger partial charge is 0.280 e. The second-order valence-corrected chi connectivity index (χ2v) is 8.22. The second kappa shape index (κ2) is 9.53. The van der Waals surface area contributed by atoms with Crippen molar-refractivity contribution in [2.45, 2.75) is 19.9 Å². The molecule has 1 amide bonds. The number of rotatable bonds is 7. The molecule has 0 aliphatic heterocycles. The zero-order valence-corrected chi connectivity index (χ0v) is 18.3. The molecule has 0 N–H and O–H groups in total. The molecular formula is C25H21N3O3S. The van der Waals surface area contributed by atoms with E-state index in [1.807, 2.05) is 42.5 Å². The third-order valence-corrected chi connectivity index (χ3v) is 6.10.